The van der Waals surface area contributed by atoms with Crippen LogP contribution < -0.4 is 14.2 Å². The molecule has 0 aromatic heterocycles. The van der Waals surface area contributed by atoms with Crippen LogP contribution in [0.2, 0.25) is 5.02 Å². The Bertz CT molecular complexity index is 845. The van der Waals surface area contributed by atoms with Crippen LogP contribution in [0.4, 0.5) is 0 Å². The molecule has 0 bridgehead atoms. The molecule has 1 fully saturated rings. The first-order chi connectivity index (χ1) is 11.4. The summed E-state index contributed by atoms with van der Waals surface area (Å²) in [5.74, 6) is 1.17. The van der Waals surface area contributed by atoms with Crippen molar-refractivity contribution in [1.29, 1.82) is 0 Å². The largest absolute Gasteiger partial charge is 0.497 e. The van der Waals surface area contributed by atoms with Crippen LogP contribution in [0.5, 0.6) is 11.5 Å². The lowest BCUT2D eigenvalue weighted by molar-refractivity contribution is 0.414. The zero-order chi connectivity index (χ0) is 17.4. The minimum Gasteiger partial charge on any atom is -0.497 e. The van der Waals surface area contributed by atoms with E-state index in [1.54, 1.807) is 13.2 Å². The number of benzene rings is 2. The number of halogens is 1. The highest BCUT2D eigenvalue weighted by molar-refractivity contribution is 7.89. The van der Waals surface area contributed by atoms with Gasteiger partial charge in [-0.2, -0.15) is 0 Å². The Morgan fingerprint density at radius 2 is 1.71 bits per heavy atom. The van der Waals surface area contributed by atoms with Crippen molar-refractivity contribution in [2.75, 3.05) is 14.2 Å². The fourth-order valence-corrected chi connectivity index (χ4v) is 4.41. The molecule has 2 aromatic carbocycles. The van der Waals surface area contributed by atoms with Crippen molar-refractivity contribution < 1.29 is 17.9 Å². The van der Waals surface area contributed by atoms with Gasteiger partial charge in [-0.1, -0.05) is 23.7 Å². The number of hydrogen-bond donors (Lipinski definition) is 1. The quantitative estimate of drug-likeness (QED) is 0.850. The maximum absolute atomic E-state index is 12.7. The van der Waals surface area contributed by atoms with E-state index < -0.39 is 15.6 Å². The first-order valence-electron chi connectivity index (χ1n) is 7.42. The molecule has 0 unspecified atom stereocenters. The van der Waals surface area contributed by atoms with Crippen molar-refractivity contribution in [2.24, 2.45) is 0 Å². The van der Waals surface area contributed by atoms with Crippen molar-refractivity contribution in [3.8, 4) is 11.5 Å². The third kappa shape index (κ3) is 3.22. The molecule has 0 heterocycles. The number of rotatable bonds is 6. The van der Waals surface area contributed by atoms with Crippen molar-refractivity contribution in [2.45, 2.75) is 23.3 Å². The molecular weight excluding hydrogens is 350 g/mol. The van der Waals surface area contributed by atoms with E-state index in [4.69, 9.17) is 21.1 Å². The fourth-order valence-electron chi connectivity index (χ4n) is 2.62. The van der Waals surface area contributed by atoms with Crippen LogP contribution in [0.15, 0.2) is 47.4 Å². The van der Waals surface area contributed by atoms with E-state index in [0.717, 1.165) is 24.2 Å². The summed E-state index contributed by atoms with van der Waals surface area (Å²) in [5, 5.41) is 0.259. The van der Waals surface area contributed by atoms with Gasteiger partial charge in [0.05, 0.1) is 29.7 Å². The van der Waals surface area contributed by atoms with Gasteiger partial charge in [0.1, 0.15) is 11.5 Å². The van der Waals surface area contributed by atoms with Crippen molar-refractivity contribution in [1.82, 2.24) is 4.72 Å². The zero-order valence-electron chi connectivity index (χ0n) is 13.4. The lowest BCUT2D eigenvalue weighted by Crippen LogP contribution is -2.34. The zero-order valence-corrected chi connectivity index (χ0v) is 14.9. The SMILES string of the molecule is COc1ccc(C2(NS(=O)(=O)c3ccc(OC)c(Cl)c3)CC2)cc1. The van der Waals surface area contributed by atoms with Gasteiger partial charge in [-0.05, 0) is 48.7 Å². The summed E-state index contributed by atoms with van der Waals surface area (Å²) in [6.07, 6.45) is 1.50. The second-order valence-electron chi connectivity index (χ2n) is 5.71. The Balaban J connectivity index is 1.87. The van der Waals surface area contributed by atoms with Crippen LogP contribution in [0, 0.1) is 0 Å². The van der Waals surface area contributed by atoms with Gasteiger partial charge in [-0.25, -0.2) is 13.1 Å². The Morgan fingerprint density at radius 1 is 1.04 bits per heavy atom. The Kier molecular flexibility index (Phi) is 4.46. The van der Waals surface area contributed by atoms with Gasteiger partial charge in [0.15, 0.2) is 0 Å². The molecule has 0 atom stereocenters. The summed E-state index contributed by atoms with van der Waals surface area (Å²) in [7, 11) is -0.610. The Morgan fingerprint density at radius 3 is 2.21 bits per heavy atom. The second-order valence-corrected chi connectivity index (χ2v) is 7.80. The molecule has 5 nitrogen and oxygen atoms in total. The van der Waals surface area contributed by atoms with E-state index in [0.29, 0.717) is 5.75 Å². The van der Waals surface area contributed by atoms with Crippen molar-refractivity contribution in [3.63, 3.8) is 0 Å². The van der Waals surface area contributed by atoms with E-state index in [9.17, 15) is 8.42 Å². The van der Waals surface area contributed by atoms with Crippen LogP contribution >= 0.6 is 11.6 Å². The van der Waals surface area contributed by atoms with Crippen molar-refractivity contribution >= 4 is 21.6 Å². The first-order valence-corrected chi connectivity index (χ1v) is 9.28. The van der Waals surface area contributed by atoms with Gasteiger partial charge in [0.2, 0.25) is 10.0 Å². The van der Waals surface area contributed by atoms with E-state index in [2.05, 4.69) is 4.72 Å². The minimum atomic E-state index is -3.69. The molecule has 0 amide bonds. The molecule has 0 aliphatic heterocycles. The summed E-state index contributed by atoms with van der Waals surface area (Å²) in [4.78, 5) is 0.119. The van der Waals surface area contributed by atoms with E-state index >= 15 is 0 Å². The number of hydrogen-bond acceptors (Lipinski definition) is 4. The smallest absolute Gasteiger partial charge is 0.241 e. The van der Waals surface area contributed by atoms with Gasteiger partial charge in [-0.15, -0.1) is 0 Å². The van der Waals surface area contributed by atoms with Gasteiger partial charge in [0, 0.05) is 0 Å². The number of ether oxygens (including phenoxy) is 2. The predicted molar refractivity (Wildman–Crippen MR) is 92.2 cm³/mol. The van der Waals surface area contributed by atoms with Crippen LogP contribution in [-0.2, 0) is 15.6 Å². The summed E-state index contributed by atoms with van der Waals surface area (Å²) < 4.78 is 38.4. The molecule has 7 heteroatoms. The Labute approximate surface area is 146 Å². The summed E-state index contributed by atoms with van der Waals surface area (Å²) in [6, 6.07) is 11.8. The van der Waals surface area contributed by atoms with E-state index in [1.165, 1.54) is 19.2 Å². The van der Waals surface area contributed by atoms with Crippen LogP contribution in [0.1, 0.15) is 18.4 Å². The molecule has 128 valence electrons. The molecule has 2 aromatic rings. The highest BCUT2D eigenvalue weighted by atomic mass is 35.5. The van der Waals surface area contributed by atoms with Crippen molar-refractivity contribution in [3.05, 3.63) is 53.1 Å². The molecule has 0 radical (unpaired) electrons. The number of methoxy groups -OCH3 is 2. The third-order valence-corrected chi connectivity index (χ3v) is 5.99. The van der Waals surface area contributed by atoms with Gasteiger partial charge >= 0.3 is 0 Å². The molecule has 1 aliphatic rings. The predicted octanol–water partition coefficient (Wildman–Crippen LogP) is 3.32. The molecule has 0 spiro atoms. The third-order valence-electron chi connectivity index (χ3n) is 4.16. The highest BCUT2D eigenvalue weighted by Gasteiger charge is 2.47. The molecule has 1 aliphatic carbocycles. The molecular formula is C17H18ClNO4S. The Hall–Kier alpha value is -1.76. The van der Waals surface area contributed by atoms with Crippen LogP contribution in [-0.4, -0.2) is 22.6 Å². The maximum atomic E-state index is 12.7. The summed E-state index contributed by atoms with van der Waals surface area (Å²) in [5.41, 5.74) is 0.365. The second kappa shape index (κ2) is 6.27. The van der Waals surface area contributed by atoms with E-state index in [1.807, 2.05) is 24.3 Å². The monoisotopic (exact) mass is 367 g/mol. The fraction of sp³-hybridized carbons (Fsp3) is 0.294. The molecule has 3 rings (SSSR count). The summed E-state index contributed by atoms with van der Waals surface area (Å²) >= 11 is 6.04. The standard InChI is InChI=1S/C17H18ClNO4S/c1-22-13-5-3-12(4-6-13)17(9-10-17)19-24(20,21)14-7-8-16(23-2)15(18)11-14/h3-8,11,19H,9-10H2,1-2H3. The topological polar surface area (TPSA) is 64.6 Å². The lowest BCUT2D eigenvalue weighted by atomic mass is 10.1. The highest BCUT2D eigenvalue weighted by Crippen LogP contribution is 2.47. The van der Waals surface area contributed by atoms with Gasteiger partial charge in [-0.3, -0.25) is 0 Å². The van der Waals surface area contributed by atoms with Crippen LogP contribution in [0.25, 0.3) is 0 Å². The maximum Gasteiger partial charge on any atom is 0.241 e. The minimum absolute atomic E-state index is 0.119. The normalized spacial score (nSPS) is 15.8. The first kappa shape index (κ1) is 17.1. The molecule has 24 heavy (non-hydrogen) atoms. The number of nitrogens with one attached hydrogen (secondary N) is 1. The molecule has 0 saturated heterocycles. The average Bonchev–Trinajstić information content (AvgIpc) is 3.35. The average molecular weight is 368 g/mol. The molecule has 1 saturated carbocycles. The van der Waals surface area contributed by atoms with Crippen LogP contribution in [0.3, 0.4) is 0 Å². The lowest BCUT2D eigenvalue weighted by Gasteiger charge is -2.19. The van der Waals surface area contributed by atoms with E-state index in [-0.39, 0.29) is 9.92 Å². The van der Waals surface area contributed by atoms with Gasteiger partial charge < -0.3 is 9.47 Å². The summed E-state index contributed by atoms with van der Waals surface area (Å²) in [6.45, 7) is 0. The van der Waals surface area contributed by atoms with Gasteiger partial charge in [0.25, 0.3) is 0 Å². The number of sulfonamides is 1. The molecule has 1 N–H and O–H groups in total.